The van der Waals surface area contributed by atoms with E-state index >= 15 is 0 Å². The largest absolute Gasteiger partial charge is 0.365 e. The molecular weight excluding hydrogens is 316 g/mol. The van der Waals surface area contributed by atoms with Crippen LogP contribution in [0.3, 0.4) is 0 Å². The number of carbonyl (C=O) groups excluding carboxylic acids is 1. The molecule has 0 aliphatic heterocycles. The van der Waals surface area contributed by atoms with Gasteiger partial charge in [0.2, 0.25) is 0 Å². The number of benzene rings is 1. The van der Waals surface area contributed by atoms with Gasteiger partial charge in [-0.3, -0.25) is 4.79 Å². The highest BCUT2D eigenvalue weighted by atomic mass is 32.1. The first-order valence-electron chi connectivity index (χ1n) is 6.92. The molecule has 0 aliphatic carbocycles. The first-order valence-corrected chi connectivity index (χ1v) is 7.80. The molecule has 3 aromatic rings. The van der Waals surface area contributed by atoms with Gasteiger partial charge in [0.25, 0.3) is 5.91 Å². The summed E-state index contributed by atoms with van der Waals surface area (Å²) in [6.45, 7) is 4.05. The van der Waals surface area contributed by atoms with Crippen LogP contribution in [0, 0.1) is 0 Å². The molecule has 3 rings (SSSR count). The Morgan fingerprint density at radius 2 is 2.04 bits per heavy atom. The molecule has 2 N–H and O–H groups in total. The first-order chi connectivity index (χ1) is 11.1. The molecule has 1 amide bonds. The zero-order chi connectivity index (χ0) is 16.4. The number of thiazole rings is 1. The van der Waals surface area contributed by atoms with Crippen molar-refractivity contribution in [3.63, 3.8) is 0 Å². The van der Waals surface area contributed by atoms with Gasteiger partial charge in [0.15, 0.2) is 0 Å². The molecule has 0 unspecified atom stereocenters. The fourth-order valence-corrected chi connectivity index (χ4v) is 2.88. The van der Waals surface area contributed by atoms with Crippen LogP contribution >= 0.6 is 11.3 Å². The van der Waals surface area contributed by atoms with Gasteiger partial charge in [0.05, 0.1) is 11.2 Å². The van der Waals surface area contributed by atoms with Gasteiger partial charge in [-0.05, 0) is 40.6 Å². The highest BCUT2D eigenvalue weighted by Gasteiger charge is 2.17. The molecular formula is C14H14N6O2S. The molecule has 0 radical (unpaired) electrons. The van der Waals surface area contributed by atoms with Crippen molar-refractivity contribution < 1.29 is 4.79 Å². The van der Waals surface area contributed by atoms with Crippen molar-refractivity contribution in [2.45, 2.75) is 19.8 Å². The van der Waals surface area contributed by atoms with Crippen molar-refractivity contribution in [2.24, 2.45) is 0 Å². The van der Waals surface area contributed by atoms with Crippen LogP contribution in [-0.4, -0.2) is 31.1 Å². The average molecular weight is 330 g/mol. The third kappa shape index (κ3) is 3.04. The molecule has 8 nitrogen and oxygen atoms in total. The molecule has 9 heteroatoms. The van der Waals surface area contributed by atoms with Crippen LogP contribution in [-0.2, 0) is 0 Å². The maximum absolute atomic E-state index is 12.3. The molecule has 0 fully saturated rings. The summed E-state index contributed by atoms with van der Waals surface area (Å²) >= 11 is 1.47. The number of hydrogen-bond acceptors (Lipinski definition) is 6. The van der Waals surface area contributed by atoms with Crippen molar-refractivity contribution in [3.8, 4) is 5.69 Å². The zero-order valence-corrected chi connectivity index (χ0v) is 13.3. The third-order valence-corrected chi connectivity index (χ3v) is 4.31. The van der Waals surface area contributed by atoms with E-state index in [1.807, 2.05) is 13.8 Å². The Bertz CT molecular complexity index is 877. The van der Waals surface area contributed by atoms with Crippen molar-refractivity contribution in [1.29, 1.82) is 0 Å². The predicted octanol–water partition coefficient (Wildman–Crippen LogP) is 1.79. The second-order valence-electron chi connectivity index (χ2n) is 5.14. The molecule has 0 aliphatic rings. The SMILES string of the molecule is CC(C)c1scnc1C(=O)Nc1ccc(-n2nn[nH]c2=O)cc1. The standard InChI is InChI=1S/C14H14N6O2S/c1-8(2)12-11(15-7-23-12)13(21)16-9-3-5-10(6-4-9)20-14(22)17-18-19-20/h3-8H,1-2H3,(H,16,21)(H,17,19,22). The van der Waals surface area contributed by atoms with Gasteiger partial charge in [-0.2, -0.15) is 4.68 Å². The number of H-pyrrole nitrogens is 1. The second-order valence-corrected chi connectivity index (χ2v) is 6.03. The highest BCUT2D eigenvalue weighted by molar-refractivity contribution is 7.10. The highest BCUT2D eigenvalue weighted by Crippen LogP contribution is 2.24. The summed E-state index contributed by atoms with van der Waals surface area (Å²) in [5, 5.41) is 12.1. The Hall–Kier alpha value is -2.81. The van der Waals surface area contributed by atoms with E-state index in [2.05, 4.69) is 25.8 Å². The summed E-state index contributed by atoms with van der Waals surface area (Å²) in [6, 6.07) is 6.72. The topological polar surface area (TPSA) is 106 Å². The van der Waals surface area contributed by atoms with E-state index in [9.17, 15) is 9.59 Å². The van der Waals surface area contributed by atoms with Crippen LogP contribution in [0.5, 0.6) is 0 Å². The third-order valence-electron chi connectivity index (χ3n) is 3.18. The quantitative estimate of drug-likeness (QED) is 0.758. The summed E-state index contributed by atoms with van der Waals surface area (Å²) in [5.74, 6) is -0.00836. The van der Waals surface area contributed by atoms with Gasteiger partial charge < -0.3 is 5.32 Å². The number of amides is 1. The van der Waals surface area contributed by atoms with E-state index in [4.69, 9.17) is 0 Å². The number of tetrazole rings is 1. The smallest absolute Gasteiger partial charge is 0.321 e. The van der Waals surface area contributed by atoms with Gasteiger partial charge >= 0.3 is 5.69 Å². The number of nitrogens with zero attached hydrogens (tertiary/aromatic N) is 4. The fraction of sp³-hybridized carbons (Fsp3) is 0.214. The van der Waals surface area contributed by atoms with Crippen LogP contribution in [0.1, 0.15) is 35.1 Å². The molecule has 0 saturated carbocycles. The van der Waals surface area contributed by atoms with Crippen molar-refractivity contribution in [1.82, 2.24) is 25.2 Å². The van der Waals surface area contributed by atoms with Crippen molar-refractivity contribution in [2.75, 3.05) is 5.32 Å². The van der Waals surface area contributed by atoms with Gasteiger partial charge in [0.1, 0.15) is 5.69 Å². The maximum atomic E-state index is 12.3. The monoisotopic (exact) mass is 330 g/mol. The lowest BCUT2D eigenvalue weighted by Gasteiger charge is -2.07. The van der Waals surface area contributed by atoms with E-state index in [1.54, 1.807) is 29.8 Å². The Morgan fingerprint density at radius 3 is 2.65 bits per heavy atom. The van der Waals surface area contributed by atoms with Crippen LogP contribution in [0.2, 0.25) is 0 Å². The summed E-state index contributed by atoms with van der Waals surface area (Å²) in [6.07, 6.45) is 0. The lowest BCUT2D eigenvalue weighted by molar-refractivity contribution is 0.102. The van der Waals surface area contributed by atoms with Gasteiger partial charge in [-0.25, -0.2) is 14.9 Å². The number of anilines is 1. The molecule has 0 saturated heterocycles. The summed E-state index contributed by atoms with van der Waals surface area (Å²) in [7, 11) is 0. The first kappa shape index (κ1) is 15.1. The maximum Gasteiger partial charge on any atom is 0.365 e. The normalized spacial score (nSPS) is 10.9. The number of rotatable bonds is 4. The van der Waals surface area contributed by atoms with Gasteiger partial charge in [-0.15, -0.1) is 11.3 Å². The minimum Gasteiger partial charge on any atom is -0.321 e. The second kappa shape index (κ2) is 6.13. The number of carbonyl (C=O) groups is 1. The lowest BCUT2D eigenvalue weighted by Crippen LogP contribution is -2.16. The fourth-order valence-electron chi connectivity index (χ4n) is 2.08. The van der Waals surface area contributed by atoms with Crippen LogP contribution in [0.25, 0.3) is 5.69 Å². The Balaban J connectivity index is 1.78. The Labute approximate surface area is 135 Å². The Kier molecular flexibility index (Phi) is 4.02. The van der Waals surface area contributed by atoms with E-state index in [0.717, 1.165) is 9.56 Å². The predicted molar refractivity (Wildman–Crippen MR) is 86.1 cm³/mol. The van der Waals surface area contributed by atoms with Gasteiger partial charge in [0, 0.05) is 10.6 Å². The van der Waals surface area contributed by atoms with Crippen LogP contribution in [0.4, 0.5) is 5.69 Å². The van der Waals surface area contributed by atoms with E-state index < -0.39 is 5.69 Å². The minimum atomic E-state index is -0.425. The molecule has 0 spiro atoms. The van der Waals surface area contributed by atoms with Crippen LogP contribution in [0.15, 0.2) is 34.6 Å². The summed E-state index contributed by atoms with van der Waals surface area (Å²) in [4.78, 5) is 28.9. The number of aromatic amines is 1. The number of nitrogens with one attached hydrogen (secondary N) is 2. The van der Waals surface area contributed by atoms with Crippen molar-refractivity contribution >= 4 is 22.9 Å². The minimum absolute atomic E-state index is 0.240. The number of hydrogen-bond donors (Lipinski definition) is 2. The molecule has 2 aromatic heterocycles. The van der Waals surface area contributed by atoms with Gasteiger partial charge in [-0.1, -0.05) is 13.8 Å². The van der Waals surface area contributed by atoms with E-state index in [-0.39, 0.29) is 11.8 Å². The Morgan fingerprint density at radius 1 is 1.30 bits per heavy atom. The molecule has 0 atom stereocenters. The summed E-state index contributed by atoms with van der Waals surface area (Å²) in [5.41, 5.74) is 2.86. The molecule has 2 heterocycles. The summed E-state index contributed by atoms with van der Waals surface area (Å²) < 4.78 is 1.13. The lowest BCUT2D eigenvalue weighted by atomic mass is 10.1. The molecule has 1 aromatic carbocycles. The zero-order valence-electron chi connectivity index (χ0n) is 12.5. The molecule has 0 bridgehead atoms. The van der Waals surface area contributed by atoms with Crippen molar-refractivity contribution in [3.05, 3.63) is 50.8 Å². The number of aromatic nitrogens is 5. The molecule has 118 valence electrons. The van der Waals surface area contributed by atoms with E-state index in [1.165, 1.54) is 11.3 Å². The average Bonchev–Trinajstić information content (AvgIpc) is 3.17. The molecule has 23 heavy (non-hydrogen) atoms. The van der Waals surface area contributed by atoms with E-state index in [0.29, 0.717) is 17.1 Å². The van der Waals surface area contributed by atoms with Crippen LogP contribution < -0.4 is 11.0 Å².